The van der Waals surface area contributed by atoms with Crippen molar-refractivity contribution in [2.75, 3.05) is 31.4 Å². The van der Waals surface area contributed by atoms with E-state index < -0.39 is 23.2 Å². The van der Waals surface area contributed by atoms with Gasteiger partial charge in [-0.15, -0.1) is 0 Å². The van der Waals surface area contributed by atoms with Crippen molar-refractivity contribution in [2.45, 2.75) is 13.1 Å². The van der Waals surface area contributed by atoms with Gasteiger partial charge >= 0.3 is 12.2 Å². The molecule has 0 unspecified atom stereocenters. The second kappa shape index (κ2) is 8.21. The zero-order chi connectivity index (χ0) is 22.9. The average molecular weight is 431 g/mol. The first-order valence-corrected chi connectivity index (χ1v) is 9.18. The largest absolute Gasteiger partial charge is 0.417 e. The van der Waals surface area contributed by atoms with Crippen molar-refractivity contribution in [3.63, 3.8) is 0 Å². The number of aryl methyl sites for hydroxylation is 1. The summed E-state index contributed by atoms with van der Waals surface area (Å²) in [6.07, 6.45) is -1.31. The SMILES string of the molecule is Cc1cnc2c(NC(=O)c3cnccc3C(F)(F)F)cccc2c1N(C)C(=O)N(C)C. The molecule has 1 aromatic carbocycles. The second-order valence-corrected chi connectivity index (χ2v) is 7.10. The highest BCUT2D eigenvalue weighted by Gasteiger charge is 2.35. The van der Waals surface area contributed by atoms with Crippen molar-refractivity contribution in [1.82, 2.24) is 14.9 Å². The minimum absolute atomic E-state index is 0.214. The molecule has 0 radical (unpaired) electrons. The van der Waals surface area contributed by atoms with Crippen LogP contribution in [0, 0.1) is 6.92 Å². The van der Waals surface area contributed by atoms with Crippen molar-refractivity contribution < 1.29 is 22.8 Å². The van der Waals surface area contributed by atoms with Crippen LogP contribution in [-0.4, -0.2) is 47.9 Å². The molecule has 0 saturated carbocycles. The summed E-state index contributed by atoms with van der Waals surface area (Å²) in [6, 6.07) is 5.37. The molecule has 2 aromatic heterocycles. The second-order valence-electron chi connectivity index (χ2n) is 7.10. The van der Waals surface area contributed by atoms with E-state index >= 15 is 0 Å². The molecule has 0 aliphatic carbocycles. The molecule has 10 heteroatoms. The van der Waals surface area contributed by atoms with Gasteiger partial charge < -0.3 is 10.2 Å². The van der Waals surface area contributed by atoms with Crippen molar-refractivity contribution in [2.24, 2.45) is 0 Å². The highest BCUT2D eigenvalue weighted by molar-refractivity contribution is 6.12. The van der Waals surface area contributed by atoms with E-state index in [2.05, 4.69) is 15.3 Å². The molecular weight excluding hydrogens is 411 g/mol. The Kier molecular flexibility index (Phi) is 5.83. The van der Waals surface area contributed by atoms with E-state index in [4.69, 9.17) is 0 Å². The van der Waals surface area contributed by atoms with Gasteiger partial charge in [-0.3, -0.25) is 19.7 Å². The quantitative estimate of drug-likeness (QED) is 0.670. The molecule has 0 aliphatic rings. The molecule has 3 rings (SSSR count). The van der Waals surface area contributed by atoms with Gasteiger partial charge in [0.2, 0.25) is 0 Å². The molecule has 0 aliphatic heterocycles. The molecule has 7 nitrogen and oxygen atoms in total. The fourth-order valence-electron chi connectivity index (χ4n) is 3.26. The Labute approximate surface area is 176 Å². The number of amides is 3. The summed E-state index contributed by atoms with van der Waals surface area (Å²) in [7, 11) is 4.85. The Morgan fingerprint density at radius 2 is 1.77 bits per heavy atom. The van der Waals surface area contributed by atoms with Crippen LogP contribution in [0.2, 0.25) is 0 Å². The Morgan fingerprint density at radius 1 is 1.06 bits per heavy atom. The zero-order valence-electron chi connectivity index (χ0n) is 17.3. The third kappa shape index (κ3) is 4.27. The molecular formula is C21H20F3N5O2. The number of halogens is 3. The lowest BCUT2D eigenvalue weighted by molar-refractivity contribution is -0.138. The number of benzene rings is 1. The molecule has 0 saturated heterocycles. The van der Waals surface area contributed by atoms with Crippen molar-refractivity contribution >= 4 is 34.2 Å². The van der Waals surface area contributed by atoms with Gasteiger partial charge in [-0.1, -0.05) is 12.1 Å². The van der Waals surface area contributed by atoms with Gasteiger partial charge in [-0.2, -0.15) is 13.2 Å². The monoisotopic (exact) mass is 431 g/mol. The molecule has 3 aromatic rings. The van der Waals surface area contributed by atoms with Gasteiger partial charge in [-0.05, 0) is 24.6 Å². The minimum atomic E-state index is -4.70. The maximum atomic E-state index is 13.3. The molecule has 31 heavy (non-hydrogen) atoms. The summed E-state index contributed by atoms with van der Waals surface area (Å²) in [5.74, 6) is -0.963. The number of hydrogen-bond acceptors (Lipinski definition) is 4. The first kappa shape index (κ1) is 22.0. The highest BCUT2D eigenvalue weighted by atomic mass is 19.4. The van der Waals surface area contributed by atoms with Crippen LogP contribution in [0.4, 0.5) is 29.3 Å². The van der Waals surface area contributed by atoms with E-state index in [1.165, 1.54) is 22.1 Å². The van der Waals surface area contributed by atoms with Crippen LogP contribution < -0.4 is 10.2 Å². The third-order valence-electron chi connectivity index (χ3n) is 4.68. The Hall–Kier alpha value is -3.69. The number of anilines is 2. The van der Waals surface area contributed by atoms with Crippen LogP contribution in [0.25, 0.3) is 10.9 Å². The van der Waals surface area contributed by atoms with E-state index in [-0.39, 0.29) is 11.7 Å². The maximum Gasteiger partial charge on any atom is 0.417 e. The first-order chi connectivity index (χ1) is 14.5. The maximum absolute atomic E-state index is 13.3. The Bertz CT molecular complexity index is 1160. The van der Waals surface area contributed by atoms with Gasteiger partial charge in [0, 0.05) is 45.1 Å². The van der Waals surface area contributed by atoms with E-state index in [0.29, 0.717) is 16.6 Å². The van der Waals surface area contributed by atoms with Crippen LogP contribution in [-0.2, 0) is 6.18 Å². The molecule has 2 heterocycles. The molecule has 0 spiro atoms. The van der Waals surface area contributed by atoms with Crippen LogP contribution in [0.5, 0.6) is 0 Å². The van der Waals surface area contributed by atoms with E-state index in [0.717, 1.165) is 24.0 Å². The number of alkyl halides is 3. The number of pyridine rings is 2. The highest BCUT2D eigenvalue weighted by Crippen LogP contribution is 2.34. The van der Waals surface area contributed by atoms with E-state index in [1.54, 1.807) is 40.2 Å². The summed E-state index contributed by atoms with van der Waals surface area (Å²) < 4.78 is 39.8. The van der Waals surface area contributed by atoms with Gasteiger partial charge in [-0.25, -0.2) is 4.79 Å². The fourth-order valence-corrected chi connectivity index (χ4v) is 3.26. The standard InChI is InChI=1S/C21H20F3N5O2/c1-12-10-26-17-13(18(12)29(4)20(31)28(2)3)6-5-7-16(17)27-19(30)14-11-25-9-8-15(14)21(22,23)24/h5-11H,1-4H3,(H,27,30). The Morgan fingerprint density at radius 3 is 2.42 bits per heavy atom. The number of fused-ring (bicyclic) bond motifs is 1. The van der Waals surface area contributed by atoms with Crippen LogP contribution in [0.3, 0.4) is 0 Å². The van der Waals surface area contributed by atoms with Gasteiger partial charge in [0.15, 0.2) is 0 Å². The average Bonchev–Trinajstić information content (AvgIpc) is 2.72. The normalized spacial score (nSPS) is 11.3. The molecule has 0 fully saturated rings. The number of rotatable bonds is 3. The summed E-state index contributed by atoms with van der Waals surface area (Å²) in [5.41, 5.74) is 0.177. The predicted octanol–water partition coefficient (Wildman–Crippen LogP) is 4.33. The zero-order valence-corrected chi connectivity index (χ0v) is 17.3. The molecule has 0 atom stereocenters. The molecule has 3 amide bonds. The molecule has 162 valence electrons. The van der Waals surface area contributed by atoms with Crippen LogP contribution in [0.1, 0.15) is 21.5 Å². The fraction of sp³-hybridized carbons (Fsp3) is 0.238. The predicted molar refractivity (Wildman–Crippen MR) is 111 cm³/mol. The van der Waals surface area contributed by atoms with E-state index in [1.807, 2.05) is 0 Å². The molecule has 1 N–H and O–H groups in total. The van der Waals surface area contributed by atoms with Crippen molar-refractivity contribution in [3.8, 4) is 0 Å². The lowest BCUT2D eigenvalue weighted by atomic mass is 10.1. The number of nitrogens with zero attached hydrogens (tertiary/aromatic N) is 4. The number of carbonyl (C=O) groups is 2. The first-order valence-electron chi connectivity index (χ1n) is 9.18. The van der Waals surface area contributed by atoms with Crippen molar-refractivity contribution in [3.05, 3.63) is 59.5 Å². The number of para-hydroxylation sites is 1. The van der Waals surface area contributed by atoms with Gasteiger partial charge in [0.1, 0.15) is 0 Å². The lowest BCUT2D eigenvalue weighted by Crippen LogP contribution is -2.36. The topological polar surface area (TPSA) is 78.4 Å². The summed E-state index contributed by atoms with van der Waals surface area (Å²) in [6.45, 7) is 1.79. The third-order valence-corrected chi connectivity index (χ3v) is 4.68. The summed E-state index contributed by atoms with van der Waals surface area (Å²) in [5, 5.41) is 3.06. The molecule has 0 bridgehead atoms. The van der Waals surface area contributed by atoms with E-state index in [9.17, 15) is 22.8 Å². The Balaban J connectivity index is 2.07. The van der Waals surface area contributed by atoms with Gasteiger partial charge in [0.05, 0.1) is 28.0 Å². The van der Waals surface area contributed by atoms with Crippen LogP contribution >= 0.6 is 0 Å². The lowest BCUT2D eigenvalue weighted by Gasteiger charge is -2.25. The number of hydrogen-bond donors (Lipinski definition) is 1. The number of carbonyl (C=O) groups excluding carboxylic acids is 2. The summed E-state index contributed by atoms with van der Waals surface area (Å²) in [4.78, 5) is 36.0. The smallest absolute Gasteiger partial charge is 0.330 e. The number of aromatic nitrogens is 2. The number of urea groups is 1. The van der Waals surface area contributed by atoms with Crippen LogP contribution in [0.15, 0.2) is 42.9 Å². The van der Waals surface area contributed by atoms with Gasteiger partial charge in [0.25, 0.3) is 5.91 Å². The minimum Gasteiger partial charge on any atom is -0.330 e. The number of nitrogens with one attached hydrogen (secondary N) is 1. The van der Waals surface area contributed by atoms with Crippen molar-refractivity contribution in [1.29, 1.82) is 0 Å². The summed E-state index contributed by atoms with van der Waals surface area (Å²) >= 11 is 0.